The van der Waals surface area contributed by atoms with Crippen LogP contribution >= 0.6 is 24.8 Å². The second kappa shape index (κ2) is 11.1. The van der Waals surface area contributed by atoms with Crippen LogP contribution < -0.4 is 11.1 Å². The summed E-state index contributed by atoms with van der Waals surface area (Å²) >= 11 is 0. The van der Waals surface area contributed by atoms with E-state index in [9.17, 15) is 4.79 Å². The number of hydrogen-bond donors (Lipinski definition) is 2. The van der Waals surface area contributed by atoms with Crippen LogP contribution in [-0.2, 0) is 9.53 Å². The minimum Gasteiger partial charge on any atom is -0.378 e. The summed E-state index contributed by atoms with van der Waals surface area (Å²) in [4.78, 5) is 15.1. The highest BCUT2D eigenvalue weighted by Gasteiger charge is 2.62. The van der Waals surface area contributed by atoms with Crippen LogP contribution in [0.15, 0.2) is 0 Å². The first-order chi connectivity index (χ1) is 11.3. The molecule has 1 heterocycles. The second-order valence-corrected chi connectivity index (χ2v) is 8.18. The van der Waals surface area contributed by atoms with Gasteiger partial charge in [-0.25, -0.2) is 0 Å². The average Bonchev–Trinajstić information content (AvgIpc) is 2.55. The van der Waals surface area contributed by atoms with Crippen molar-refractivity contribution in [3.8, 4) is 0 Å². The number of halogens is 2. The molecule has 156 valence electrons. The molecule has 0 bridgehead atoms. The van der Waals surface area contributed by atoms with Gasteiger partial charge in [0.1, 0.15) is 5.54 Å². The van der Waals surface area contributed by atoms with E-state index >= 15 is 0 Å². The number of hydrogen-bond acceptors (Lipinski definition) is 4. The standard InChI is InChI=1S/C19H37N3O2.2ClH/c1-5-24-16-14-19(20,18(16,3)4)17(23)21-11-7-9-13-22-12-8-6-10-15(22)2;;/h15-16H,5-14,20H2,1-4H3,(H,21,23);2*1H. The van der Waals surface area contributed by atoms with Crippen LogP contribution in [0.5, 0.6) is 0 Å². The van der Waals surface area contributed by atoms with Gasteiger partial charge in [-0.2, -0.15) is 0 Å². The summed E-state index contributed by atoms with van der Waals surface area (Å²) in [7, 11) is 0. The Kier molecular flexibility index (Phi) is 11.0. The Labute approximate surface area is 172 Å². The number of piperidine rings is 1. The van der Waals surface area contributed by atoms with Crippen molar-refractivity contribution in [3.63, 3.8) is 0 Å². The molecule has 1 aliphatic carbocycles. The minimum atomic E-state index is -0.797. The zero-order valence-corrected chi connectivity index (χ0v) is 18.5. The van der Waals surface area contributed by atoms with Gasteiger partial charge in [-0.3, -0.25) is 4.79 Å². The molecule has 2 fully saturated rings. The third-order valence-electron chi connectivity index (χ3n) is 6.33. The third-order valence-corrected chi connectivity index (χ3v) is 6.33. The molecule has 3 unspecified atom stereocenters. The largest absolute Gasteiger partial charge is 0.378 e. The van der Waals surface area contributed by atoms with Crippen LogP contribution in [0.3, 0.4) is 0 Å². The van der Waals surface area contributed by atoms with Gasteiger partial charge in [-0.05, 0) is 52.6 Å². The first kappa shape index (κ1) is 25.9. The van der Waals surface area contributed by atoms with Crippen molar-refractivity contribution < 1.29 is 9.53 Å². The van der Waals surface area contributed by atoms with Crippen molar-refractivity contribution in [3.05, 3.63) is 0 Å². The number of rotatable bonds is 8. The second-order valence-electron chi connectivity index (χ2n) is 8.18. The van der Waals surface area contributed by atoms with Gasteiger partial charge >= 0.3 is 0 Å². The number of nitrogens with two attached hydrogens (primary N) is 1. The molecule has 1 aliphatic heterocycles. The quantitative estimate of drug-likeness (QED) is 0.601. The Morgan fingerprint density at radius 2 is 1.96 bits per heavy atom. The lowest BCUT2D eigenvalue weighted by Gasteiger charge is -2.57. The maximum absolute atomic E-state index is 12.5. The lowest BCUT2D eigenvalue weighted by Crippen LogP contribution is -2.75. The van der Waals surface area contributed by atoms with Gasteiger partial charge in [-0.1, -0.05) is 20.3 Å². The Morgan fingerprint density at radius 3 is 2.54 bits per heavy atom. The number of ether oxygens (including phenoxy) is 1. The third kappa shape index (κ3) is 5.48. The lowest BCUT2D eigenvalue weighted by atomic mass is 9.54. The monoisotopic (exact) mass is 411 g/mol. The van der Waals surface area contributed by atoms with Crippen LogP contribution in [0.2, 0.25) is 0 Å². The van der Waals surface area contributed by atoms with E-state index in [1.165, 1.54) is 25.8 Å². The van der Waals surface area contributed by atoms with Crippen molar-refractivity contribution in [1.29, 1.82) is 0 Å². The van der Waals surface area contributed by atoms with Crippen molar-refractivity contribution in [2.45, 2.75) is 83.9 Å². The van der Waals surface area contributed by atoms with Gasteiger partial charge in [0.05, 0.1) is 6.10 Å². The van der Waals surface area contributed by atoms with Crippen LogP contribution in [0, 0.1) is 5.41 Å². The Bertz CT molecular complexity index is 437. The Hall–Kier alpha value is -0.0700. The molecule has 0 aromatic rings. The highest BCUT2D eigenvalue weighted by atomic mass is 35.5. The van der Waals surface area contributed by atoms with Crippen LogP contribution in [0.4, 0.5) is 0 Å². The van der Waals surface area contributed by atoms with Crippen molar-refractivity contribution >= 4 is 30.7 Å². The summed E-state index contributed by atoms with van der Waals surface area (Å²) in [6, 6.07) is 0.715. The fraction of sp³-hybridized carbons (Fsp3) is 0.947. The highest BCUT2D eigenvalue weighted by Crippen LogP contribution is 2.49. The summed E-state index contributed by atoms with van der Waals surface area (Å²) in [6.45, 7) is 12.1. The molecular weight excluding hydrogens is 373 g/mol. The van der Waals surface area contributed by atoms with Gasteiger partial charge in [-0.15, -0.1) is 24.8 Å². The fourth-order valence-corrected chi connectivity index (χ4v) is 4.11. The Balaban J connectivity index is 0.00000312. The first-order valence-corrected chi connectivity index (χ1v) is 9.75. The van der Waals surface area contributed by atoms with E-state index in [2.05, 4.69) is 17.1 Å². The van der Waals surface area contributed by atoms with E-state index in [4.69, 9.17) is 10.5 Å². The predicted octanol–water partition coefficient (Wildman–Crippen LogP) is 3.13. The number of nitrogens with one attached hydrogen (secondary N) is 1. The summed E-state index contributed by atoms with van der Waals surface area (Å²) in [5.74, 6) is -0.0187. The Morgan fingerprint density at radius 1 is 1.27 bits per heavy atom. The molecule has 0 aromatic heterocycles. The van der Waals surface area contributed by atoms with Gasteiger partial charge in [0.2, 0.25) is 5.91 Å². The van der Waals surface area contributed by atoms with E-state index in [0.717, 1.165) is 25.9 Å². The molecule has 5 nitrogen and oxygen atoms in total. The normalized spacial score (nSPS) is 30.5. The van der Waals surface area contributed by atoms with E-state index in [0.29, 0.717) is 19.1 Å². The van der Waals surface area contributed by atoms with E-state index in [1.54, 1.807) is 0 Å². The summed E-state index contributed by atoms with van der Waals surface area (Å²) in [5, 5.41) is 3.05. The van der Waals surface area contributed by atoms with Gasteiger partial charge in [0.15, 0.2) is 0 Å². The molecule has 0 spiro atoms. The molecular formula is C19H39Cl2N3O2. The zero-order valence-electron chi connectivity index (χ0n) is 16.9. The number of unbranched alkanes of at least 4 members (excludes halogenated alkanes) is 1. The molecule has 26 heavy (non-hydrogen) atoms. The molecule has 3 atom stereocenters. The summed E-state index contributed by atoms with van der Waals surface area (Å²) < 4.78 is 5.69. The van der Waals surface area contributed by atoms with Crippen LogP contribution in [-0.4, -0.2) is 54.7 Å². The van der Waals surface area contributed by atoms with Gasteiger partial charge < -0.3 is 20.7 Å². The number of carbonyl (C=O) groups is 1. The summed E-state index contributed by atoms with van der Waals surface area (Å²) in [5.41, 5.74) is 5.29. The number of nitrogens with zero attached hydrogens (tertiary/aromatic N) is 1. The van der Waals surface area contributed by atoms with Crippen LogP contribution in [0.1, 0.15) is 66.2 Å². The summed E-state index contributed by atoms with van der Waals surface area (Å²) in [6.07, 6.45) is 6.86. The molecule has 0 radical (unpaired) electrons. The lowest BCUT2D eigenvalue weighted by molar-refractivity contribution is -0.170. The molecule has 2 rings (SSSR count). The molecule has 0 aromatic carbocycles. The molecule has 3 N–H and O–H groups in total. The highest BCUT2D eigenvalue weighted by molar-refractivity contribution is 5.88. The van der Waals surface area contributed by atoms with Crippen molar-refractivity contribution in [2.24, 2.45) is 11.1 Å². The topological polar surface area (TPSA) is 67.6 Å². The smallest absolute Gasteiger partial charge is 0.240 e. The van der Waals surface area contributed by atoms with E-state index < -0.39 is 5.54 Å². The number of amides is 1. The predicted molar refractivity (Wildman–Crippen MR) is 112 cm³/mol. The maximum Gasteiger partial charge on any atom is 0.240 e. The fourth-order valence-electron chi connectivity index (χ4n) is 4.11. The van der Waals surface area contributed by atoms with E-state index in [-0.39, 0.29) is 42.2 Å². The zero-order chi connectivity index (χ0) is 17.8. The van der Waals surface area contributed by atoms with Gasteiger partial charge in [0, 0.05) is 31.0 Å². The molecule has 1 amide bonds. The minimum absolute atomic E-state index is 0. The maximum atomic E-state index is 12.5. The molecule has 1 saturated carbocycles. The van der Waals surface area contributed by atoms with Crippen molar-refractivity contribution in [2.75, 3.05) is 26.2 Å². The molecule has 1 saturated heterocycles. The van der Waals surface area contributed by atoms with E-state index in [1.807, 2.05) is 20.8 Å². The average molecular weight is 412 g/mol. The number of likely N-dealkylation sites (tertiary alicyclic amines) is 1. The first-order valence-electron chi connectivity index (χ1n) is 9.75. The number of carbonyl (C=O) groups excluding carboxylic acids is 1. The molecule has 7 heteroatoms. The van der Waals surface area contributed by atoms with Gasteiger partial charge in [0.25, 0.3) is 0 Å². The SMILES string of the molecule is CCOC1CC(N)(C(=O)NCCCCN2CCCCC2C)C1(C)C.Cl.Cl. The molecule has 2 aliphatic rings. The van der Waals surface area contributed by atoms with Crippen LogP contribution in [0.25, 0.3) is 0 Å². The van der Waals surface area contributed by atoms with Crippen molar-refractivity contribution in [1.82, 2.24) is 10.2 Å².